The summed E-state index contributed by atoms with van der Waals surface area (Å²) in [5.74, 6) is 0. The van der Waals surface area contributed by atoms with Gasteiger partial charge in [0.2, 0.25) is 0 Å². The van der Waals surface area contributed by atoms with Gasteiger partial charge in [-0.1, -0.05) is 171 Å². The fraction of sp³-hybridized carbons (Fsp3) is 1.00. The topological polar surface area (TPSA) is 21.7 Å². The molecule has 0 amide bonds. The Morgan fingerprint density at radius 2 is 0.733 bits per heavy atom. The number of hydrogen-bond donors (Lipinski definition) is 0. The van der Waals surface area contributed by atoms with Crippen LogP contribution >= 0.6 is 0 Å². The van der Waals surface area contributed by atoms with Crippen LogP contribution in [0.4, 0.5) is 0 Å². The van der Waals surface area contributed by atoms with E-state index < -0.39 is 16.6 Å². The highest BCUT2D eigenvalue weighted by Gasteiger charge is 2.41. The van der Waals surface area contributed by atoms with E-state index >= 15 is 0 Å². The van der Waals surface area contributed by atoms with Crippen LogP contribution in [-0.2, 0) is 8.85 Å². The van der Waals surface area contributed by atoms with Crippen LogP contribution in [0.1, 0.15) is 191 Å². The van der Waals surface area contributed by atoms with Crippen LogP contribution in [0.2, 0.25) is 36.3 Å². The molecule has 0 fully saturated rings. The minimum absolute atomic E-state index is 0.239. The number of unbranched alkanes of at least 4 members (excludes halogenated alkanes) is 15. The van der Waals surface area contributed by atoms with E-state index in [1.54, 1.807) is 0 Å². The Morgan fingerprint density at radius 1 is 0.444 bits per heavy atom. The average Bonchev–Trinajstić information content (AvgIpc) is 2.92. The number of hydrogen-bond acceptors (Lipinski definition) is 3. The molecular formula is C40H87NO2Si2. The van der Waals surface area contributed by atoms with Crippen molar-refractivity contribution in [1.29, 1.82) is 0 Å². The maximum Gasteiger partial charge on any atom is 0.192 e. The summed E-state index contributed by atoms with van der Waals surface area (Å²) in [4.78, 5) is 2.77. The fourth-order valence-corrected chi connectivity index (χ4v) is 8.55. The molecule has 0 radical (unpaired) electrons. The van der Waals surface area contributed by atoms with Crippen molar-refractivity contribution < 1.29 is 8.85 Å². The van der Waals surface area contributed by atoms with E-state index in [1.807, 2.05) is 0 Å². The Morgan fingerprint density at radius 3 is 1.02 bits per heavy atom. The third-order valence-corrected chi connectivity index (χ3v) is 20.1. The van der Waals surface area contributed by atoms with Crippen molar-refractivity contribution in [3.8, 4) is 0 Å². The summed E-state index contributed by atoms with van der Waals surface area (Å²) in [5, 5.41) is 0.479. The molecule has 0 aliphatic carbocycles. The summed E-state index contributed by atoms with van der Waals surface area (Å²) in [6.07, 6.45) is 27.6. The molecule has 0 saturated carbocycles. The summed E-state index contributed by atoms with van der Waals surface area (Å²) < 4.78 is 14.5. The van der Waals surface area contributed by atoms with Crippen molar-refractivity contribution in [1.82, 2.24) is 4.90 Å². The van der Waals surface area contributed by atoms with E-state index in [9.17, 15) is 0 Å². The Kier molecular flexibility index (Phi) is 24.6. The van der Waals surface area contributed by atoms with Gasteiger partial charge in [-0.15, -0.1) is 0 Å². The van der Waals surface area contributed by atoms with E-state index in [0.717, 1.165) is 13.1 Å². The third-order valence-electron chi connectivity index (χ3n) is 11.0. The first-order valence-corrected chi connectivity index (χ1v) is 25.9. The van der Waals surface area contributed by atoms with E-state index in [0.29, 0.717) is 12.2 Å². The van der Waals surface area contributed by atoms with Gasteiger partial charge in [-0.2, -0.15) is 0 Å². The van der Waals surface area contributed by atoms with Gasteiger partial charge >= 0.3 is 0 Å². The van der Waals surface area contributed by atoms with Gasteiger partial charge in [-0.25, -0.2) is 0 Å². The summed E-state index contributed by atoms with van der Waals surface area (Å²) in [6, 6.07) is 0. The summed E-state index contributed by atoms with van der Waals surface area (Å²) in [6.45, 7) is 34.5. The minimum atomic E-state index is -1.85. The highest BCUT2D eigenvalue weighted by molar-refractivity contribution is 6.74. The van der Waals surface area contributed by atoms with Gasteiger partial charge in [-0.3, -0.25) is 4.90 Å². The first-order chi connectivity index (χ1) is 21.0. The van der Waals surface area contributed by atoms with Crippen molar-refractivity contribution in [2.24, 2.45) is 0 Å². The molecular weight excluding hydrogens is 583 g/mol. The average molecular weight is 670 g/mol. The maximum absolute atomic E-state index is 7.23. The summed E-state index contributed by atoms with van der Waals surface area (Å²) in [7, 11) is -3.71. The Balaban J connectivity index is 5.62. The molecule has 0 saturated heterocycles. The first-order valence-electron chi connectivity index (χ1n) is 20.1. The normalized spacial score (nSPS) is 14.8. The lowest BCUT2D eigenvalue weighted by atomic mass is 10.0. The standard InChI is InChI=1S/C40H87NO2Si2/c1-14-17-20-22-24-26-28-30-32-37(42-44(10,11)39(4,5)6)35-41(34-19-16-3)36-38(43-45(12,13)40(7,8)9)33-31-29-27-25-23-21-18-15-2/h37-38H,14-36H2,1-13H3. The molecule has 0 N–H and O–H groups in total. The van der Waals surface area contributed by atoms with Crippen LogP contribution in [0.3, 0.4) is 0 Å². The van der Waals surface area contributed by atoms with E-state index in [2.05, 4.69) is 93.4 Å². The minimum Gasteiger partial charge on any atom is -0.413 e. The Bertz CT molecular complexity index is 629. The predicted octanol–water partition coefficient (Wildman–Crippen LogP) is 13.9. The van der Waals surface area contributed by atoms with Crippen LogP contribution in [0.5, 0.6) is 0 Å². The zero-order valence-electron chi connectivity index (χ0n) is 33.7. The van der Waals surface area contributed by atoms with E-state index in [4.69, 9.17) is 8.85 Å². The molecule has 0 rings (SSSR count). The third kappa shape index (κ3) is 21.8. The van der Waals surface area contributed by atoms with Gasteiger partial charge in [0.1, 0.15) is 0 Å². The molecule has 2 unspecified atom stereocenters. The van der Waals surface area contributed by atoms with Gasteiger partial charge in [0, 0.05) is 13.1 Å². The molecule has 0 heterocycles. The smallest absolute Gasteiger partial charge is 0.192 e. The van der Waals surface area contributed by atoms with Crippen molar-refractivity contribution in [2.75, 3.05) is 19.6 Å². The summed E-state index contributed by atoms with van der Waals surface area (Å²) in [5.41, 5.74) is 0. The van der Waals surface area contributed by atoms with E-state index in [-0.39, 0.29) is 10.1 Å². The second kappa shape index (κ2) is 24.4. The van der Waals surface area contributed by atoms with Crippen molar-refractivity contribution in [3.05, 3.63) is 0 Å². The number of nitrogens with zero attached hydrogens (tertiary/aromatic N) is 1. The van der Waals surface area contributed by atoms with Gasteiger partial charge in [0.05, 0.1) is 12.2 Å². The molecule has 272 valence electrons. The SMILES string of the molecule is CCCCCCCCCCC(CN(CCCC)CC(CCCCCCCCCC)O[Si](C)(C)C(C)(C)C)O[Si](C)(C)C(C)(C)C. The second-order valence-corrected chi connectivity index (χ2v) is 27.2. The van der Waals surface area contributed by atoms with Crippen LogP contribution in [-0.4, -0.2) is 53.4 Å². The molecule has 0 spiro atoms. The Hall–Kier alpha value is 0.314. The highest BCUT2D eigenvalue weighted by atomic mass is 28.4. The monoisotopic (exact) mass is 670 g/mol. The quantitative estimate of drug-likeness (QED) is 0.0584. The largest absolute Gasteiger partial charge is 0.413 e. The fourth-order valence-electron chi connectivity index (χ4n) is 5.79. The van der Waals surface area contributed by atoms with Gasteiger partial charge in [0.25, 0.3) is 0 Å². The zero-order chi connectivity index (χ0) is 34.4. The molecule has 45 heavy (non-hydrogen) atoms. The molecule has 5 heteroatoms. The molecule has 2 atom stereocenters. The van der Waals surface area contributed by atoms with Crippen LogP contribution in [0.25, 0.3) is 0 Å². The molecule has 3 nitrogen and oxygen atoms in total. The van der Waals surface area contributed by atoms with Crippen LogP contribution in [0, 0.1) is 0 Å². The molecule has 0 bridgehead atoms. The van der Waals surface area contributed by atoms with Gasteiger partial charge < -0.3 is 8.85 Å². The Labute approximate surface area is 288 Å². The van der Waals surface area contributed by atoms with Crippen molar-refractivity contribution in [2.45, 2.75) is 239 Å². The lowest BCUT2D eigenvalue weighted by Crippen LogP contribution is -2.50. The number of rotatable bonds is 29. The zero-order valence-corrected chi connectivity index (χ0v) is 35.7. The van der Waals surface area contributed by atoms with Gasteiger partial charge in [-0.05, 0) is 62.1 Å². The molecule has 0 aliphatic heterocycles. The van der Waals surface area contributed by atoms with E-state index in [1.165, 1.54) is 135 Å². The van der Waals surface area contributed by atoms with Crippen LogP contribution < -0.4 is 0 Å². The molecule has 0 aliphatic rings. The van der Waals surface area contributed by atoms with Crippen LogP contribution in [0.15, 0.2) is 0 Å². The predicted molar refractivity (Wildman–Crippen MR) is 210 cm³/mol. The highest BCUT2D eigenvalue weighted by Crippen LogP contribution is 2.39. The van der Waals surface area contributed by atoms with Crippen molar-refractivity contribution >= 4 is 16.6 Å². The molecule has 0 aromatic heterocycles. The summed E-state index contributed by atoms with van der Waals surface area (Å²) >= 11 is 0. The maximum atomic E-state index is 7.23. The van der Waals surface area contributed by atoms with Gasteiger partial charge in [0.15, 0.2) is 16.6 Å². The second-order valence-electron chi connectivity index (χ2n) is 17.6. The molecule has 0 aromatic carbocycles. The van der Waals surface area contributed by atoms with Crippen molar-refractivity contribution in [3.63, 3.8) is 0 Å². The molecule has 0 aromatic rings. The lowest BCUT2D eigenvalue weighted by molar-refractivity contribution is 0.0680. The first kappa shape index (κ1) is 45.3. The lowest BCUT2D eigenvalue weighted by Gasteiger charge is -2.42.